The zero-order valence-corrected chi connectivity index (χ0v) is 22.6. The minimum atomic E-state index is -4.60. The molecule has 0 radical (unpaired) electrons. The van der Waals surface area contributed by atoms with Gasteiger partial charge < -0.3 is 14.2 Å². The fourth-order valence-electron chi connectivity index (χ4n) is 5.07. The number of carbonyl (C=O) groups excluding carboxylic acids is 2. The third-order valence-corrected chi connectivity index (χ3v) is 7.16. The highest BCUT2D eigenvalue weighted by molar-refractivity contribution is 6.34. The van der Waals surface area contributed by atoms with E-state index in [2.05, 4.69) is 15.8 Å². The lowest BCUT2D eigenvalue weighted by Crippen LogP contribution is -2.23. The standard InChI is InChI=1S/C29H25ClF3N3O4/c1-14-9-15(2)25-17(13-39-23(25)10-14)11-24(37)36-35-20-5-4-6-22-26(20)16(3)27(40-22)28(38)34-21-12-18(29(31,32)33)7-8-19(21)30/h7-10,12-13H,4-6,11H2,1-3H3,(H,34,38)(H,36,37)/b35-20+. The molecule has 2 amide bonds. The molecule has 1 aliphatic carbocycles. The lowest BCUT2D eigenvalue weighted by atomic mass is 9.93. The molecule has 1 aliphatic rings. The van der Waals surface area contributed by atoms with Gasteiger partial charge in [-0.3, -0.25) is 9.59 Å². The van der Waals surface area contributed by atoms with E-state index in [-0.39, 0.29) is 28.8 Å². The number of hydrazone groups is 1. The molecule has 0 spiro atoms. The van der Waals surface area contributed by atoms with Crippen molar-refractivity contribution in [2.45, 2.75) is 52.6 Å². The molecule has 0 unspecified atom stereocenters. The summed E-state index contributed by atoms with van der Waals surface area (Å²) < 4.78 is 50.9. The second kappa shape index (κ2) is 10.5. The summed E-state index contributed by atoms with van der Waals surface area (Å²) in [5.41, 5.74) is 6.64. The van der Waals surface area contributed by atoms with Crippen molar-refractivity contribution in [3.05, 3.63) is 86.5 Å². The molecular formula is C29H25ClF3N3O4. The second-order valence-electron chi connectivity index (χ2n) is 9.84. The van der Waals surface area contributed by atoms with Crippen molar-refractivity contribution in [2.24, 2.45) is 5.10 Å². The molecule has 0 fully saturated rings. The number of halogens is 4. The van der Waals surface area contributed by atoms with Crippen LogP contribution in [0.2, 0.25) is 5.02 Å². The van der Waals surface area contributed by atoms with Gasteiger partial charge in [-0.15, -0.1) is 0 Å². The van der Waals surface area contributed by atoms with E-state index in [1.54, 1.807) is 13.2 Å². The van der Waals surface area contributed by atoms with E-state index in [9.17, 15) is 22.8 Å². The van der Waals surface area contributed by atoms with Gasteiger partial charge in [0, 0.05) is 28.5 Å². The summed E-state index contributed by atoms with van der Waals surface area (Å²) in [4.78, 5) is 25.8. The zero-order valence-electron chi connectivity index (χ0n) is 21.9. The van der Waals surface area contributed by atoms with Crippen LogP contribution in [0.25, 0.3) is 11.0 Å². The van der Waals surface area contributed by atoms with E-state index >= 15 is 0 Å². The molecule has 208 valence electrons. The molecule has 11 heteroatoms. The molecule has 7 nitrogen and oxygen atoms in total. The van der Waals surface area contributed by atoms with Gasteiger partial charge in [-0.05, 0) is 69.0 Å². The van der Waals surface area contributed by atoms with Crippen LogP contribution in [0.4, 0.5) is 18.9 Å². The summed E-state index contributed by atoms with van der Waals surface area (Å²) in [6, 6.07) is 6.63. The SMILES string of the molecule is Cc1cc(C)c2c(CC(=O)N/N=C3\CCCc4oc(C(=O)Nc5cc(C(F)(F)F)ccc5Cl)c(C)c43)coc2c1. The summed E-state index contributed by atoms with van der Waals surface area (Å²) in [6.07, 6.45) is -1.19. The maximum Gasteiger partial charge on any atom is 0.416 e. The molecule has 40 heavy (non-hydrogen) atoms. The Morgan fingerprint density at radius 1 is 1.10 bits per heavy atom. The number of aryl methyl sites for hydroxylation is 3. The van der Waals surface area contributed by atoms with Gasteiger partial charge in [-0.25, -0.2) is 5.43 Å². The van der Waals surface area contributed by atoms with Gasteiger partial charge in [0.25, 0.3) is 5.91 Å². The minimum absolute atomic E-state index is 0.0454. The van der Waals surface area contributed by atoms with E-state index in [0.717, 1.165) is 45.9 Å². The first-order chi connectivity index (χ1) is 18.9. The third-order valence-electron chi connectivity index (χ3n) is 6.83. The van der Waals surface area contributed by atoms with Gasteiger partial charge in [-0.1, -0.05) is 17.7 Å². The van der Waals surface area contributed by atoms with Crippen LogP contribution in [0.1, 0.15) is 62.5 Å². The van der Waals surface area contributed by atoms with Gasteiger partial charge in [0.2, 0.25) is 5.91 Å². The number of fused-ring (bicyclic) bond motifs is 2. The van der Waals surface area contributed by atoms with Crippen LogP contribution in [-0.4, -0.2) is 17.5 Å². The molecule has 2 aromatic heterocycles. The predicted octanol–water partition coefficient (Wildman–Crippen LogP) is 7.27. The number of alkyl halides is 3. The van der Waals surface area contributed by atoms with Gasteiger partial charge in [0.1, 0.15) is 11.3 Å². The van der Waals surface area contributed by atoms with Crippen molar-refractivity contribution in [3.8, 4) is 0 Å². The van der Waals surface area contributed by atoms with Crippen LogP contribution in [0, 0.1) is 20.8 Å². The van der Waals surface area contributed by atoms with Crippen molar-refractivity contribution in [1.82, 2.24) is 5.43 Å². The van der Waals surface area contributed by atoms with Crippen LogP contribution >= 0.6 is 11.6 Å². The highest BCUT2D eigenvalue weighted by atomic mass is 35.5. The molecule has 2 heterocycles. The Kier molecular flexibility index (Phi) is 7.22. The molecule has 0 aliphatic heterocycles. The average Bonchev–Trinajstić information content (AvgIpc) is 3.44. The van der Waals surface area contributed by atoms with Crippen LogP contribution in [0.15, 0.2) is 50.5 Å². The number of hydrogen-bond donors (Lipinski definition) is 2. The number of carbonyl (C=O) groups is 2. The van der Waals surface area contributed by atoms with Crippen molar-refractivity contribution in [1.29, 1.82) is 0 Å². The highest BCUT2D eigenvalue weighted by Gasteiger charge is 2.32. The Morgan fingerprint density at radius 2 is 1.88 bits per heavy atom. The van der Waals surface area contributed by atoms with Gasteiger partial charge in [-0.2, -0.15) is 18.3 Å². The Morgan fingerprint density at radius 3 is 2.62 bits per heavy atom. The Hall–Kier alpha value is -4.05. The number of rotatable bonds is 5. The van der Waals surface area contributed by atoms with E-state index in [4.69, 9.17) is 20.4 Å². The third kappa shape index (κ3) is 5.36. The number of nitrogens with zero attached hydrogens (tertiary/aromatic N) is 1. The summed E-state index contributed by atoms with van der Waals surface area (Å²) in [7, 11) is 0. The van der Waals surface area contributed by atoms with Crippen LogP contribution in [0.5, 0.6) is 0 Å². The van der Waals surface area contributed by atoms with Crippen molar-refractivity contribution in [3.63, 3.8) is 0 Å². The van der Waals surface area contributed by atoms with Gasteiger partial charge in [0.05, 0.1) is 34.7 Å². The number of anilines is 1. The molecule has 0 saturated carbocycles. The van der Waals surface area contributed by atoms with E-state index in [0.29, 0.717) is 41.9 Å². The van der Waals surface area contributed by atoms with E-state index < -0.39 is 17.6 Å². The van der Waals surface area contributed by atoms with E-state index in [1.807, 2.05) is 26.0 Å². The quantitative estimate of drug-likeness (QED) is 0.246. The summed E-state index contributed by atoms with van der Waals surface area (Å²) in [5, 5.41) is 7.61. The molecule has 0 bridgehead atoms. The molecule has 5 rings (SSSR count). The Bertz CT molecular complexity index is 1680. The Labute approximate surface area is 232 Å². The number of amides is 2. The largest absolute Gasteiger partial charge is 0.464 e. The first-order valence-electron chi connectivity index (χ1n) is 12.6. The molecule has 0 saturated heterocycles. The fraction of sp³-hybridized carbons (Fsp3) is 0.276. The normalized spacial score (nSPS) is 14.4. The number of hydrogen-bond acceptors (Lipinski definition) is 5. The number of nitrogens with one attached hydrogen (secondary N) is 2. The number of furan rings is 2. The summed E-state index contributed by atoms with van der Waals surface area (Å²) >= 11 is 6.03. The molecule has 0 atom stereocenters. The van der Waals surface area contributed by atoms with Crippen molar-refractivity contribution < 1.29 is 31.6 Å². The smallest absolute Gasteiger partial charge is 0.416 e. The molecular weight excluding hydrogens is 547 g/mol. The molecule has 4 aromatic rings. The van der Waals surface area contributed by atoms with Crippen LogP contribution in [-0.2, 0) is 23.8 Å². The van der Waals surface area contributed by atoms with Crippen molar-refractivity contribution in [2.75, 3.05) is 5.32 Å². The second-order valence-corrected chi connectivity index (χ2v) is 10.2. The predicted molar refractivity (Wildman–Crippen MR) is 145 cm³/mol. The lowest BCUT2D eigenvalue weighted by Gasteiger charge is -2.13. The topological polar surface area (TPSA) is 96.8 Å². The maximum absolute atomic E-state index is 13.1. The average molecular weight is 572 g/mol. The summed E-state index contributed by atoms with van der Waals surface area (Å²) in [5.74, 6) is -0.617. The van der Waals surface area contributed by atoms with E-state index in [1.165, 1.54) is 0 Å². The van der Waals surface area contributed by atoms with Gasteiger partial charge >= 0.3 is 6.18 Å². The first-order valence-corrected chi connectivity index (χ1v) is 12.9. The van der Waals surface area contributed by atoms with Crippen LogP contribution in [0.3, 0.4) is 0 Å². The van der Waals surface area contributed by atoms with Crippen molar-refractivity contribution >= 4 is 45.8 Å². The molecule has 2 aromatic carbocycles. The van der Waals surface area contributed by atoms with Crippen LogP contribution < -0.4 is 10.7 Å². The molecule has 2 N–H and O–H groups in total. The lowest BCUT2D eigenvalue weighted by molar-refractivity contribution is -0.137. The maximum atomic E-state index is 13.1. The monoisotopic (exact) mass is 571 g/mol. The zero-order chi connectivity index (χ0) is 28.8. The Balaban J connectivity index is 1.35. The number of benzene rings is 2. The minimum Gasteiger partial charge on any atom is -0.464 e. The highest BCUT2D eigenvalue weighted by Crippen LogP contribution is 2.35. The summed E-state index contributed by atoms with van der Waals surface area (Å²) in [6.45, 7) is 5.60. The fourth-order valence-corrected chi connectivity index (χ4v) is 5.24. The first kappa shape index (κ1) is 27.5. The van der Waals surface area contributed by atoms with Gasteiger partial charge in [0.15, 0.2) is 5.76 Å².